The summed E-state index contributed by atoms with van der Waals surface area (Å²) in [6.07, 6.45) is 0.644. The first-order valence-electron chi connectivity index (χ1n) is 6.35. The van der Waals surface area contributed by atoms with Crippen LogP contribution in [-0.4, -0.2) is 16.6 Å². The Kier molecular flexibility index (Phi) is 4.76. The zero-order valence-electron chi connectivity index (χ0n) is 11.1. The van der Waals surface area contributed by atoms with E-state index in [1.54, 1.807) is 6.20 Å². The second-order valence-corrected chi connectivity index (χ2v) is 4.57. The molecule has 0 aliphatic carbocycles. The van der Waals surface area contributed by atoms with Gasteiger partial charge < -0.3 is 10.4 Å². The Bertz CT molecular complexity index is 563. The van der Waals surface area contributed by atoms with E-state index in [0.717, 1.165) is 17.8 Å². The summed E-state index contributed by atoms with van der Waals surface area (Å²) in [6, 6.07) is 8.62. The monoisotopic (exact) mass is 278 g/mol. The van der Waals surface area contributed by atoms with E-state index in [4.69, 9.17) is 0 Å². The SMILES string of the molecule is CC(NCC(O)c1ccc(F)cc1F)c1ccccn1. The molecule has 0 saturated heterocycles. The Hall–Kier alpha value is -1.85. The summed E-state index contributed by atoms with van der Waals surface area (Å²) >= 11 is 0. The maximum absolute atomic E-state index is 13.5. The topological polar surface area (TPSA) is 45.1 Å². The van der Waals surface area contributed by atoms with Crippen molar-refractivity contribution in [3.8, 4) is 0 Å². The van der Waals surface area contributed by atoms with Crippen LogP contribution in [0.5, 0.6) is 0 Å². The number of nitrogens with one attached hydrogen (secondary N) is 1. The standard InChI is InChI=1S/C15H16F2N2O/c1-10(14-4-2-3-7-18-14)19-9-15(20)12-6-5-11(16)8-13(12)17/h2-8,10,15,19-20H,9H2,1H3. The van der Waals surface area contributed by atoms with Crippen molar-refractivity contribution in [1.29, 1.82) is 0 Å². The van der Waals surface area contributed by atoms with E-state index in [0.29, 0.717) is 0 Å². The summed E-state index contributed by atoms with van der Waals surface area (Å²) in [7, 11) is 0. The number of aliphatic hydroxyl groups is 1. The lowest BCUT2D eigenvalue weighted by molar-refractivity contribution is 0.166. The number of pyridine rings is 1. The van der Waals surface area contributed by atoms with Crippen molar-refractivity contribution in [3.05, 3.63) is 65.5 Å². The largest absolute Gasteiger partial charge is 0.387 e. The highest BCUT2D eigenvalue weighted by atomic mass is 19.1. The molecule has 0 aliphatic rings. The van der Waals surface area contributed by atoms with Gasteiger partial charge in [0, 0.05) is 30.4 Å². The van der Waals surface area contributed by atoms with Gasteiger partial charge in [-0.05, 0) is 25.1 Å². The number of benzene rings is 1. The molecule has 2 rings (SSSR count). The molecular weight excluding hydrogens is 262 g/mol. The Balaban J connectivity index is 1.96. The number of nitrogens with zero attached hydrogens (tertiary/aromatic N) is 1. The van der Waals surface area contributed by atoms with Gasteiger partial charge in [0.1, 0.15) is 11.6 Å². The molecule has 1 aromatic carbocycles. The second kappa shape index (κ2) is 6.54. The molecule has 2 unspecified atom stereocenters. The third kappa shape index (κ3) is 3.59. The van der Waals surface area contributed by atoms with Crippen molar-refractivity contribution in [3.63, 3.8) is 0 Å². The van der Waals surface area contributed by atoms with E-state index in [2.05, 4.69) is 10.3 Å². The molecule has 106 valence electrons. The fourth-order valence-corrected chi connectivity index (χ4v) is 1.91. The normalized spacial score (nSPS) is 14.0. The summed E-state index contributed by atoms with van der Waals surface area (Å²) in [6.45, 7) is 2.05. The molecule has 20 heavy (non-hydrogen) atoms. The molecule has 2 aromatic rings. The minimum atomic E-state index is -1.04. The zero-order valence-corrected chi connectivity index (χ0v) is 11.1. The van der Waals surface area contributed by atoms with Gasteiger partial charge in [0.05, 0.1) is 11.8 Å². The van der Waals surface area contributed by atoms with Crippen LogP contribution in [0.15, 0.2) is 42.6 Å². The number of aromatic nitrogens is 1. The van der Waals surface area contributed by atoms with Gasteiger partial charge in [0.25, 0.3) is 0 Å². The first-order valence-corrected chi connectivity index (χ1v) is 6.35. The predicted octanol–water partition coefficient (Wildman–Crippen LogP) is 2.74. The van der Waals surface area contributed by atoms with Gasteiger partial charge in [0.2, 0.25) is 0 Å². The molecule has 0 radical (unpaired) electrons. The Morgan fingerprint density at radius 3 is 2.70 bits per heavy atom. The predicted molar refractivity (Wildman–Crippen MR) is 72.0 cm³/mol. The fraction of sp³-hybridized carbons (Fsp3) is 0.267. The molecule has 1 aromatic heterocycles. The van der Waals surface area contributed by atoms with E-state index >= 15 is 0 Å². The highest BCUT2D eigenvalue weighted by Crippen LogP contribution is 2.18. The summed E-state index contributed by atoms with van der Waals surface area (Å²) in [5.74, 6) is -1.40. The van der Waals surface area contributed by atoms with E-state index in [-0.39, 0.29) is 18.2 Å². The number of rotatable bonds is 5. The van der Waals surface area contributed by atoms with Crippen LogP contribution < -0.4 is 5.32 Å². The van der Waals surface area contributed by atoms with Gasteiger partial charge in [-0.2, -0.15) is 0 Å². The summed E-state index contributed by atoms with van der Waals surface area (Å²) in [4.78, 5) is 4.19. The summed E-state index contributed by atoms with van der Waals surface area (Å²) < 4.78 is 26.3. The Morgan fingerprint density at radius 2 is 2.05 bits per heavy atom. The van der Waals surface area contributed by atoms with Gasteiger partial charge in [-0.1, -0.05) is 12.1 Å². The van der Waals surface area contributed by atoms with Crippen LogP contribution in [0.3, 0.4) is 0 Å². The molecule has 2 atom stereocenters. The minimum Gasteiger partial charge on any atom is -0.387 e. The second-order valence-electron chi connectivity index (χ2n) is 4.57. The molecule has 2 N–H and O–H groups in total. The van der Waals surface area contributed by atoms with Gasteiger partial charge in [-0.3, -0.25) is 4.98 Å². The zero-order chi connectivity index (χ0) is 14.5. The molecule has 0 bridgehead atoms. The van der Waals surface area contributed by atoms with Crippen LogP contribution in [-0.2, 0) is 0 Å². The molecule has 1 heterocycles. The average molecular weight is 278 g/mol. The third-order valence-corrected chi connectivity index (χ3v) is 3.07. The molecular formula is C15H16F2N2O. The Labute approximate surface area is 116 Å². The van der Waals surface area contributed by atoms with Crippen molar-refractivity contribution >= 4 is 0 Å². The Morgan fingerprint density at radius 1 is 1.25 bits per heavy atom. The van der Waals surface area contributed by atoms with Crippen LogP contribution >= 0.6 is 0 Å². The number of aliphatic hydroxyl groups excluding tert-OH is 1. The van der Waals surface area contributed by atoms with Gasteiger partial charge in [0.15, 0.2) is 0 Å². The molecule has 3 nitrogen and oxygen atoms in total. The van der Waals surface area contributed by atoms with Crippen molar-refractivity contribution < 1.29 is 13.9 Å². The maximum atomic E-state index is 13.5. The number of hydrogen-bond donors (Lipinski definition) is 2. The lowest BCUT2D eigenvalue weighted by atomic mass is 10.1. The van der Waals surface area contributed by atoms with E-state index < -0.39 is 17.7 Å². The molecule has 5 heteroatoms. The number of hydrogen-bond acceptors (Lipinski definition) is 3. The molecule has 0 aliphatic heterocycles. The summed E-state index contributed by atoms with van der Waals surface area (Å²) in [5, 5.41) is 13.0. The molecule has 0 spiro atoms. The van der Waals surface area contributed by atoms with Gasteiger partial charge >= 0.3 is 0 Å². The van der Waals surface area contributed by atoms with Crippen molar-refractivity contribution in [1.82, 2.24) is 10.3 Å². The van der Waals surface area contributed by atoms with Crippen molar-refractivity contribution in [2.24, 2.45) is 0 Å². The average Bonchev–Trinajstić information content (AvgIpc) is 2.45. The van der Waals surface area contributed by atoms with Gasteiger partial charge in [-0.25, -0.2) is 8.78 Å². The summed E-state index contributed by atoms with van der Waals surface area (Å²) in [5.41, 5.74) is 0.909. The first kappa shape index (κ1) is 14.6. The smallest absolute Gasteiger partial charge is 0.131 e. The third-order valence-electron chi connectivity index (χ3n) is 3.07. The lowest BCUT2D eigenvalue weighted by Gasteiger charge is -2.17. The van der Waals surface area contributed by atoms with Crippen molar-refractivity contribution in [2.75, 3.05) is 6.54 Å². The molecule has 0 amide bonds. The molecule has 0 saturated carbocycles. The van der Waals surface area contributed by atoms with Crippen LogP contribution in [0.1, 0.15) is 30.3 Å². The quantitative estimate of drug-likeness (QED) is 0.884. The van der Waals surface area contributed by atoms with Crippen LogP contribution in [0.25, 0.3) is 0 Å². The van der Waals surface area contributed by atoms with Crippen molar-refractivity contribution in [2.45, 2.75) is 19.1 Å². The molecule has 0 fully saturated rings. The highest BCUT2D eigenvalue weighted by molar-refractivity contribution is 5.21. The van der Waals surface area contributed by atoms with Crippen LogP contribution in [0.4, 0.5) is 8.78 Å². The fourth-order valence-electron chi connectivity index (χ4n) is 1.91. The van der Waals surface area contributed by atoms with Gasteiger partial charge in [-0.15, -0.1) is 0 Å². The lowest BCUT2D eigenvalue weighted by Crippen LogP contribution is -2.25. The highest BCUT2D eigenvalue weighted by Gasteiger charge is 2.15. The van der Waals surface area contributed by atoms with E-state index in [1.165, 1.54) is 6.07 Å². The van der Waals surface area contributed by atoms with E-state index in [9.17, 15) is 13.9 Å². The van der Waals surface area contributed by atoms with Crippen LogP contribution in [0.2, 0.25) is 0 Å². The van der Waals surface area contributed by atoms with E-state index in [1.807, 2.05) is 25.1 Å². The minimum absolute atomic E-state index is 0.0747. The maximum Gasteiger partial charge on any atom is 0.131 e. The number of halogens is 2. The van der Waals surface area contributed by atoms with Crippen LogP contribution in [0, 0.1) is 11.6 Å². The first-order chi connectivity index (χ1) is 9.58.